The maximum atomic E-state index is 11.4. The number of amides is 1. The Morgan fingerprint density at radius 1 is 1.32 bits per heavy atom. The largest absolute Gasteiger partial charge is 0.382 e. The lowest BCUT2D eigenvalue weighted by Gasteiger charge is -2.32. The topological polar surface area (TPSA) is 51.7 Å². The molecule has 0 spiro atoms. The second-order valence-corrected chi connectivity index (χ2v) is 7.86. The Hall–Kier alpha value is -1.63. The summed E-state index contributed by atoms with van der Waals surface area (Å²) in [5.41, 5.74) is 1.73. The van der Waals surface area contributed by atoms with E-state index in [2.05, 4.69) is 17.1 Å². The van der Waals surface area contributed by atoms with Gasteiger partial charge < -0.3 is 4.74 Å². The SMILES string of the molecule is COC[C@@H](CSCc1cnc2ccccc2c1)N(C=O)OC(C)(C)C. The Morgan fingerprint density at radius 2 is 2.08 bits per heavy atom. The molecule has 0 aliphatic heterocycles. The van der Waals surface area contributed by atoms with Crippen LogP contribution >= 0.6 is 11.8 Å². The molecule has 1 atom stereocenters. The highest BCUT2D eigenvalue weighted by Gasteiger charge is 2.23. The lowest BCUT2D eigenvalue weighted by molar-refractivity contribution is -0.233. The van der Waals surface area contributed by atoms with Crippen molar-refractivity contribution in [2.75, 3.05) is 19.5 Å². The quantitative estimate of drug-likeness (QED) is 0.503. The average molecular weight is 362 g/mol. The van der Waals surface area contributed by atoms with Gasteiger partial charge in [0.05, 0.1) is 23.8 Å². The zero-order valence-electron chi connectivity index (χ0n) is 15.3. The summed E-state index contributed by atoms with van der Waals surface area (Å²) in [5, 5.41) is 2.51. The van der Waals surface area contributed by atoms with Gasteiger partial charge in [-0.3, -0.25) is 14.6 Å². The Kier molecular flexibility index (Phi) is 7.23. The van der Waals surface area contributed by atoms with Crippen LogP contribution < -0.4 is 0 Å². The minimum Gasteiger partial charge on any atom is -0.382 e. The predicted octanol–water partition coefficient (Wildman–Crippen LogP) is 3.67. The van der Waals surface area contributed by atoms with Crippen molar-refractivity contribution in [2.24, 2.45) is 0 Å². The van der Waals surface area contributed by atoms with Gasteiger partial charge in [0.15, 0.2) is 0 Å². The minimum absolute atomic E-state index is 0.139. The lowest BCUT2D eigenvalue weighted by atomic mass is 10.2. The molecule has 0 N–H and O–H groups in total. The maximum absolute atomic E-state index is 11.4. The molecule has 1 heterocycles. The summed E-state index contributed by atoms with van der Waals surface area (Å²) in [4.78, 5) is 21.6. The zero-order valence-corrected chi connectivity index (χ0v) is 16.1. The first kappa shape index (κ1) is 19.7. The van der Waals surface area contributed by atoms with Gasteiger partial charge in [-0.1, -0.05) is 18.2 Å². The van der Waals surface area contributed by atoms with Gasteiger partial charge in [0.2, 0.25) is 6.41 Å². The van der Waals surface area contributed by atoms with E-state index < -0.39 is 5.60 Å². The summed E-state index contributed by atoms with van der Waals surface area (Å²) in [7, 11) is 1.63. The highest BCUT2D eigenvalue weighted by atomic mass is 32.2. The first-order valence-electron chi connectivity index (χ1n) is 8.26. The number of rotatable bonds is 9. The van der Waals surface area contributed by atoms with Crippen molar-refractivity contribution < 1.29 is 14.4 Å². The van der Waals surface area contributed by atoms with E-state index in [9.17, 15) is 4.79 Å². The minimum atomic E-state index is -0.431. The fraction of sp³-hybridized carbons (Fsp3) is 0.474. The number of para-hydroxylation sites is 1. The second-order valence-electron chi connectivity index (χ2n) is 6.83. The Labute approximate surface area is 153 Å². The molecule has 1 amide bonds. The molecule has 2 rings (SSSR count). The molecule has 0 saturated heterocycles. The number of nitrogens with zero attached hydrogens (tertiary/aromatic N) is 2. The molecule has 0 fully saturated rings. The molecular weight excluding hydrogens is 336 g/mol. The van der Waals surface area contributed by atoms with E-state index in [0.29, 0.717) is 6.61 Å². The van der Waals surface area contributed by atoms with Crippen LogP contribution in [-0.4, -0.2) is 47.6 Å². The number of pyridine rings is 1. The molecule has 0 radical (unpaired) electrons. The van der Waals surface area contributed by atoms with Gasteiger partial charge >= 0.3 is 0 Å². The molecule has 0 aliphatic carbocycles. The molecule has 0 unspecified atom stereocenters. The number of carbonyl (C=O) groups is 1. The fourth-order valence-electron chi connectivity index (χ4n) is 2.39. The standard InChI is InChI=1S/C19H26N2O3S/c1-19(2,3)24-21(14-22)17(11-23-4)13-25-12-15-9-16-7-5-6-8-18(16)20-10-15/h5-10,14,17H,11-13H2,1-4H3/t17-/m0/s1. The van der Waals surface area contributed by atoms with Crippen molar-refractivity contribution in [3.63, 3.8) is 0 Å². The van der Waals surface area contributed by atoms with Gasteiger partial charge in [0.1, 0.15) is 0 Å². The molecular formula is C19H26N2O3S. The molecule has 0 saturated carbocycles. The van der Waals surface area contributed by atoms with Crippen LogP contribution in [0.4, 0.5) is 0 Å². The highest BCUT2D eigenvalue weighted by Crippen LogP contribution is 2.20. The van der Waals surface area contributed by atoms with Crippen LogP contribution in [0.3, 0.4) is 0 Å². The van der Waals surface area contributed by atoms with Gasteiger partial charge in [-0.2, -0.15) is 11.8 Å². The summed E-state index contributed by atoms with van der Waals surface area (Å²) in [6, 6.07) is 10.1. The van der Waals surface area contributed by atoms with Crippen molar-refractivity contribution >= 4 is 29.1 Å². The molecule has 0 aliphatic rings. The molecule has 1 aromatic heterocycles. The lowest BCUT2D eigenvalue weighted by Crippen LogP contribution is -2.44. The third-order valence-electron chi connectivity index (χ3n) is 3.43. The third kappa shape index (κ3) is 6.30. The summed E-state index contributed by atoms with van der Waals surface area (Å²) in [5.74, 6) is 1.54. The zero-order chi connectivity index (χ0) is 18.3. The normalized spacial score (nSPS) is 13.0. The van der Waals surface area contributed by atoms with Crippen LogP contribution in [0.25, 0.3) is 10.9 Å². The van der Waals surface area contributed by atoms with E-state index >= 15 is 0 Å². The van der Waals surface area contributed by atoms with Crippen LogP contribution in [0.2, 0.25) is 0 Å². The predicted molar refractivity (Wildman–Crippen MR) is 102 cm³/mol. The van der Waals surface area contributed by atoms with Crippen LogP contribution in [0.1, 0.15) is 26.3 Å². The van der Waals surface area contributed by atoms with E-state index in [1.54, 1.807) is 18.9 Å². The number of carbonyl (C=O) groups excluding carboxylic acids is 1. The number of hydroxylamine groups is 2. The molecule has 1 aromatic carbocycles. The number of methoxy groups -OCH3 is 1. The van der Waals surface area contributed by atoms with E-state index in [1.165, 1.54) is 5.06 Å². The molecule has 136 valence electrons. The van der Waals surface area contributed by atoms with Gasteiger partial charge in [-0.15, -0.1) is 0 Å². The van der Waals surface area contributed by atoms with Gasteiger partial charge in [0.25, 0.3) is 0 Å². The van der Waals surface area contributed by atoms with Crippen molar-refractivity contribution in [1.82, 2.24) is 10.0 Å². The Morgan fingerprint density at radius 3 is 2.76 bits per heavy atom. The van der Waals surface area contributed by atoms with E-state index in [0.717, 1.165) is 34.4 Å². The summed E-state index contributed by atoms with van der Waals surface area (Å²) in [6.07, 6.45) is 2.64. The summed E-state index contributed by atoms with van der Waals surface area (Å²) >= 11 is 1.73. The second kappa shape index (κ2) is 9.17. The molecule has 5 nitrogen and oxygen atoms in total. The van der Waals surface area contributed by atoms with Gasteiger partial charge in [0, 0.05) is 30.2 Å². The first-order valence-corrected chi connectivity index (χ1v) is 9.41. The molecule has 6 heteroatoms. The Balaban J connectivity index is 1.96. The van der Waals surface area contributed by atoms with Crippen molar-refractivity contribution in [3.8, 4) is 0 Å². The van der Waals surface area contributed by atoms with Crippen molar-refractivity contribution in [1.29, 1.82) is 0 Å². The monoisotopic (exact) mass is 362 g/mol. The number of hydrogen-bond acceptors (Lipinski definition) is 5. The van der Waals surface area contributed by atoms with Crippen LogP contribution in [0.15, 0.2) is 36.5 Å². The van der Waals surface area contributed by atoms with E-state index in [-0.39, 0.29) is 6.04 Å². The van der Waals surface area contributed by atoms with E-state index in [4.69, 9.17) is 9.57 Å². The average Bonchev–Trinajstić information content (AvgIpc) is 2.58. The van der Waals surface area contributed by atoms with Crippen molar-refractivity contribution in [3.05, 3.63) is 42.1 Å². The third-order valence-corrected chi connectivity index (χ3v) is 4.59. The van der Waals surface area contributed by atoms with Gasteiger partial charge in [-0.25, -0.2) is 5.06 Å². The molecule has 0 bridgehead atoms. The smallest absolute Gasteiger partial charge is 0.233 e. The number of aromatic nitrogens is 1. The first-order chi connectivity index (χ1) is 11.9. The number of fused-ring (bicyclic) bond motifs is 1. The maximum Gasteiger partial charge on any atom is 0.233 e. The van der Waals surface area contributed by atoms with Crippen LogP contribution in [-0.2, 0) is 20.1 Å². The highest BCUT2D eigenvalue weighted by molar-refractivity contribution is 7.98. The van der Waals surface area contributed by atoms with Crippen LogP contribution in [0.5, 0.6) is 0 Å². The van der Waals surface area contributed by atoms with Crippen LogP contribution in [0, 0.1) is 0 Å². The fourth-order valence-corrected chi connectivity index (χ4v) is 3.42. The number of hydrogen-bond donors (Lipinski definition) is 0. The summed E-state index contributed by atoms with van der Waals surface area (Å²) in [6.45, 7) is 6.18. The van der Waals surface area contributed by atoms with Crippen molar-refractivity contribution in [2.45, 2.75) is 38.2 Å². The number of ether oxygens (including phenoxy) is 1. The molecule has 25 heavy (non-hydrogen) atoms. The Bertz CT molecular complexity index is 688. The molecule has 2 aromatic rings. The van der Waals surface area contributed by atoms with E-state index in [1.807, 2.05) is 45.2 Å². The summed E-state index contributed by atoms with van der Waals surface area (Å²) < 4.78 is 5.26. The van der Waals surface area contributed by atoms with Gasteiger partial charge in [-0.05, 0) is 38.5 Å². The number of benzene rings is 1. The number of thioether (sulfide) groups is 1.